The zero-order valence-electron chi connectivity index (χ0n) is 20.8. The highest BCUT2D eigenvalue weighted by Crippen LogP contribution is 2.43. The van der Waals surface area contributed by atoms with Crippen molar-refractivity contribution in [3.05, 3.63) is 65.4 Å². The van der Waals surface area contributed by atoms with Gasteiger partial charge in [-0.25, -0.2) is 13.8 Å². The quantitative estimate of drug-likeness (QED) is 0.288. The molecule has 190 valence electrons. The standard InChI is InChI=1S/C26H24F2N6O3/c1-13-8-16(28)9-14(2)22(13)31-24-23(30-21-7-6-15(27)12-34(21)24)17-10-19(35-4)20(36-5)11-18(17)25-32-33-26(29-3)37-25/h6-12,31H,1-5H3,(H,29,33). The van der Waals surface area contributed by atoms with E-state index in [1.54, 1.807) is 43.5 Å². The number of ether oxygens (including phenoxy) is 2. The maximum Gasteiger partial charge on any atom is 0.315 e. The van der Waals surface area contributed by atoms with Crippen LogP contribution in [0.3, 0.4) is 0 Å². The van der Waals surface area contributed by atoms with Gasteiger partial charge in [-0.1, -0.05) is 5.10 Å². The van der Waals surface area contributed by atoms with Crippen molar-refractivity contribution in [2.24, 2.45) is 0 Å². The molecule has 0 saturated heterocycles. The maximum absolute atomic E-state index is 14.4. The molecule has 9 nitrogen and oxygen atoms in total. The molecule has 0 saturated carbocycles. The largest absolute Gasteiger partial charge is 0.493 e. The lowest BCUT2D eigenvalue weighted by Gasteiger charge is -2.16. The molecule has 0 aliphatic rings. The van der Waals surface area contributed by atoms with Gasteiger partial charge in [-0.3, -0.25) is 4.40 Å². The molecule has 0 aliphatic carbocycles. The molecule has 0 fully saturated rings. The van der Waals surface area contributed by atoms with Crippen molar-refractivity contribution in [1.29, 1.82) is 0 Å². The van der Waals surface area contributed by atoms with Gasteiger partial charge >= 0.3 is 6.01 Å². The van der Waals surface area contributed by atoms with Gasteiger partial charge in [-0.2, -0.15) is 0 Å². The van der Waals surface area contributed by atoms with Crippen LogP contribution in [0.2, 0.25) is 0 Å². The molecule has 0 amide bonds. The zero-order chi connectivity index (χ0) is 26.3. The normalized spacial score (nSPS) is 11.1. The Morgan fingerprint density at radius 1 is 0.892 bits per heavy atom. The number of nitrogens with one attached hydrogen (secondary N) is 2. The molecular formula is C26H24F2N6O3. The number of methoxy groups -OCH3 is 2. The molecule has 3 heterocycles. The van der Waals surface area contributed by atoms with Crippen molar-refractivity contribution in [2.75, 3.05) is 31.9 Å². The fraction of sp³-hybridized carbons (Fsp3) is 0.192. The predicted molar refractivity (Wildman–Crippen MR) is 136 cm³/mol. The molecule has 2 N–H and O–H groups in total. The number of imidazole rings is 1. The number of nitrogens with zero attached hydrogens (tertiary/aromatic N) is 4. The van der Waals surface area contributed by atoms with Crippen molar-refractivity contribution in [2.45, 2.75) is 13.8 Å². The third-order valence-electron chi connectivity index (χ3n) is 5.97. The molecule has 0 spiro atoms. The molecule has 3 aromatic heterocycles. The SMILES string of the molecule is CNc1nnc(-c2cc(OC)c(OC)cc2-c2nc3ccc(F)cn3c2Nc2c(C)cc(F)cc2C)o1. The number of aryl methyl sites for hydroxylation is 2. The second-order valence-electron chi connectivity index (χ2n) is 8.34. The summed E-state index contributed by atoms with van der Waals surface area (Å²) in [5.74, 6) is 0.759. The summed E-state index contributed by atoms with van der Waals surface area (Å²) in [6.07, 6.45) is 1.33. The molecule has 0 atom stereocenters. The summed E-state index contributed by atoms with van der Waals surface area (Å²) in [5.41, 5.74) is 4.05. The Hall–Kier alpha value is -4.67. The number of aromatic nitrogens is 4. The van der Waals surface area contributed by atoms with E-state index in [0.29, 0.717) is 56.6 Å². The highest BCUT2D eigenvalue weighted by atomic mass is 19.1. The number of pyridine rings is 1. The lowest BCUT2D eigenvalue weighted by molar-refractivity contribution is 0.355. The van der Waals surface area contributed by atoms with Crippen LogP contribution in [0, 0.1) is 25.5 Å². The molecular weight excluding hydrogens is 482 g/mol. The number of benzene rings is 2. The van der Waals surface area contributed by atoms with Crippen LogP contribution in [-0.2, 0) is 0 Å². The van der Waals surface area contributed by atoms with Gasteiger partial charge in [0.05, 0.1) is 19.8 Å². The molecule has 0 radical (unpaired) electrons. The van der Waals surface area contributed by atoms with E-state index in [2.05, 4.69) is 20.8 Å². The average Bonchev–Trinajstić information content (AvgIpc) is 3.50. The Morgan fingerprint density at radius 3 is 2.19 bits per heavy atom. The molecule has 11 heteroatoms. The van der Waals surface area contributed by atoms with Gasteiger partial charge in [0.15, 0.2) is 11.5 Å². The van der Waals surface area contributed by atoms with Crippen LogP contribution in [-0.4, -0.2) is 40.8 Å². The van der Waals surface area contributed by atoms with Gasteiger partial charge in [-0.15, -0.1) is 5.10 Å². The lowest BCUT2D eigenvalue weighted by atomic mass is 10.0. The topological polar surface area (TPSA) is 98.7 Å². The summed E-state index contributed by atoms with van der Waals surface area (Å²) in [5, 5.41) is 14.3. The van der Waals surface area contributed by atoms with Gasteiger partial charge < -0.3 is 24.5 Å². The van der Waals surface area contributed by atoms with Gasteiger partial charge in [0.1, 0.15) is 28.8 Å². The van der Waals surface area contributed by atoms with Crippen LogP contribution in [0.5, 0.6) is 11.5 Å². The van der Waals surface area contributed by atoms with E-state index in [1.165, 1.54) is 38.6 Å². The van der Waals surface area contributed by atoms with Crippen LogP contribution < -0.4 is 20.1 Å². The van der Waals surface area contributed by atoms with Crippen LogP contribution >= 0.6 is 0 Å². The van der Waals surface area contributed by atoms with E-state index in [-0.39, 0.29) is 17.7 Å². The van der Waals surface area contributed by atoms with Gasteiger partial charge in [-0.05, 0) is 61.4 Å². The summed E-state index contributed by atoms with van der Waals surface area (Å²) in [4.78, 5) is 4.80. The van der Waals surface area contributed by atoms with E-state index >= 15 is 0 Å². The number of halogens is 2. The minimum atomic E-state index is -0.449. The predicted octanol–water partition coefficient (Wildman–Crippen LogP) is 5.75. The molecule has 0 aliphatic heterocycles. The van der Waals surface area contributed by atoms with E-state index in [1.807, 2.05) is 0 Å². The summed E-state index contributed by atoms with van der Waals surface area (Å²) >= 11 is 0. The number of rotatable bonds is 7. The first kappa shape index (κ1) is 24.0. The van der Waals surface area contributed by atoms with Crippen molar-refractivity contribution in [1.82, 2.24) is 19.6 Å². The second-order valence-corrected chi connectivity index (χ2v) is 8.34. The summed E-state index contributed by atoms with van der Waals surface area (Å²) in [7, 11) is 4.71. The molecule has 0 unspecified atom stereocenters. The Labute approximate surface area is 211 Å². The first-order valence-corrected chi connectivity index (χ1v) is 11.3. The van der Waals surface area contributed by atoms with Crippen LogP contribution in [0.15, 0.2) is 47.0 Å². The lowest BCUT2D eigenvalue weighted by Crippen LogP contribution is -2.02. The molecule has 5 rings (SSSR count). The van der Waals surface area contributed by atoms with E-state index in [9.17, 15) is 8.78 Å². The molecule has 5 aromatic rings. The Bertz CT molecular complexity index is 1610. The smallest absolute Gasteiger partial charge is 0.315 e. The van der Waals surface area contributed by atoms with E-state index in [4.69, 9.17) is 18.9 Å². The van der Waals surface area contributed by atoms with Crippen LogP contribution in [0.25, 0.3) is 28.4 Å². The first-order valence-electron chi connectivity index (χ1n) is 11.3. The van der Waals surface area contributed by atoms with Crippen molar-refractivity contribution >= 4 is 23.2 Å². The van der Waals surface area contributed by atoms with Gasteiger partial charge in [0.25, 0.3) is 5.89 Å². The minimum Gasteiger partial charge on any atom is -0.493 e. The Morgan fingerprint density at radius 2 is 1.57 bits per heavy atom. The monoisotopic (exact) mass is 506 g/mol. The van der Waals surface area contributed by atoms with Crippen LogP contribution in [0.4, 0.5) is 26.3 Å². The minimum absolute atomic E-state index is 0.212. The van der Waals surface area contributed by atoms with E-state index in [0.717, 1.165) is 0 Å². The Balaban J connectivity index is 1.81. The van der Waals surface area contributed by atoms with Gasteiger partial charge in [0, 0.05) is 24.5 Å². The third kappa shape index (κ3) is 4.28. The fourth-order valence-corrected chi connectivity index (χ4v) is 4.24. The molecule has 37 heavy (non-hydrogen) atoms. The van der Waals surface area contributed by atoms with Crippen molar-refractivity contribution in [3.63, 3.8) is 0 Å². The maximum atomic E-state index is 14.4. The number of hydrogen-bond acceptors (Lipinski definition) is 8. The Kier molecular flexibility index (Phi) is 6.12. The summed E-state index contributed by atoms with van der Waals surface area (Å²) < 4.78 is 46.8. The van der Waals surface area contributed by atoms with Crippen molar-refractivity contribution in [3.8, 4) is 34.2 Å². The van der Waals surface area contributed by atoms with Crippen molar-refractivity contribution < 1.29 is 22.7 Å². The first-order chi connectivity index (χ1) is 17.8. The highest BCUT2D eigenvalue weighted by Gasteiger charge is 2.25. The number of hydrogen-bond donors (Lipinski definition) is 2. The van der Waals surface area contributed by atoms with Crippen LogP contribution in [0.1, 0.15) is 11.1 Å². The van der Waals surface area contributed by atoms with Gasteiger partial charge in [0.2, 0.25) is 0 Å². The molecule has 2 aromatic carbocycles. The average molecular weight is 507 g/mol. The zero-order valence-corrected chi connectivity index (χ0v) is 20.8. The number of anilines is 3. The second kappa shape index (κ2) is 9.41. The number of fused-ring (bicyclic) bond motifs is 1. The van der Waals surface area contributed by atoms with E-state index < -0.39 is 5.82 Å². The third-order valence-corrected chi connectivity index (χ3v) is 5.97. The summed E-state index contributed by atoms with van der Waals surface area (Å²) in [6.45, 7) is 3.59. The highest BCUT2D eigenvalue weighted by molar-refractivity contribution is 5.89. The summed E-state index contributed by atoms with van der Waals surface area (Å²) in [6, 6.07) is 9.44. The molecule has 0 bridgehead atoms. The fourth-order valence-electron chi connectivity index (χ4n) is 4.24.